The Kier molecular flexibility index (Phi) is 4.85. The van der Waals surface area contributed by atoms with Crippen LogP contribution in [0, 0.1) is 0 Å². The lowest BCUT2D eigenvalue weighted by atomic mass is 10.2. The van der Waals surface area contributed by atoms with Crippen LogP contribution in [0.25, 0.3) is 0 Å². The van der Waals surface area contributed by atoms with E-state index in [2.05, 4.69) is 15.7 Å². The monoisotopic (exact) mass is 238 g/mol. The number of hydrazine groups is 1. The first kappa shape index (κ1) is 13.1. The fraction of sp³-hybridized carbons (Fsp3) is 0.889. The molecule has 0 aromatic carbocycles. The third kappa shape index (κ3) is 6.49. The van der Waals surface area contributed by atoms with Gasteiger partial charge in [-0.25, -0.2) is 5.84 Å². The summed E-state index contributed by atoms with van der Waals surface area (Å²) in [4.78, 5) is 4.04. The fourth-order valence-corrected chi connectivity index (χ4v) is 1.18. The lowest BCUT2D eigenvalue weighted by molar-refractivity contribution is -0.135. The highest BCUT2D eigenvalue weighted by atomic mass is 19.4. The molecule has 7 heteroatoms. The number of guanidine groups is 1. The number of hydrogen-bond donors (Lipinski definition) is 3. The molecule has 94 valence electrons. The molecule has 0 radical (unpaired) electrons. The lowest BCUT2D eigenvalue weighted by Crippen LogP contribution is -2.42. The molecule has 0 spiro atoms. The summed E-state index contributed by atoms with van der Waals surface area (Å²) in [7, 11) is 0. The number of nitrogens with one attached hydrogen (secondary N) is 2. The van der Waals surface area contributed by atoms with Crippen LogP contribution in [0.5, 0.6) is 0 Å². The Morgan fingerprint density at radius 2 is 2.00 bits per heavy atom. The largest absolute Gasteiger partial charge is 0.389 e. The molecule has 0 aromatic rings. The summed E-state index contributed by atoms with van der Waals surface area (Å²) in [5.74, 6) is 5.68. The van der Waals surface area contributed by atoms with Crippen molar-refractivity contribution in [2.45, 2.75) is 44.3 Å². The van der Waals surface area contributed by atoms with Crippen LogP contribution in [0.3, 0.4) is 0 Å². The molecule has 16 heavy (non-hydrogen) atoms. The second kappa shape index (κ2) is 5.93. The first-order valence-electron chi connectivity index (χ1n) is 5.35. The van der Waals surface area contributed by atoms with Crippen molar-refractivity contribution >= 4 is 5.96 Å². The number of alkyl halides is 3. The zero-order valence-corrected chi connectivity index (χ0v) is 8.98. The molecule has 1 fully saturated rings. The topological polar surface area (TPSA) is 62.4 Å². The number of halogens is 3. The van der Waals surface area contributed by atoms with E-state index in [1.165, 1.54) is 0 Å². The third-order valence-corrected chi connectivity index (χ3v) is 2.19. The van der Waals surface area contributed by atoms with Gasteiger partial charge >= 0.3 is 6.18 Å². The molecule has 0 aliphatic heterocycles. The Bertz CT molecular complexity index is 235. The van der Waals surface area contributed by atoms with E-state index < -0.39 is 12.6 Å². The van der Waals surface area contributed by atoms with E-state index >= 15 is 0 Å². The van der Waals surface area contributed by atoms with E-state index in [0.717, 1.165) is 12.8 Å². The molecule has 0 aromatic heterocycles. The average Bonchev–Trinajstić information content (AvgIpc) is 2.97. The summed E-state index contributed by atoms with van der Waals surface area (Å²) in [6, 6.07) is 0.421. The Morgan fingerprint density at radius 3 is 2.50 bits per heavy atom. The van der Waals surface area contributed by atoms with E-state index in [1.54, 1.807) is 0 Å². The van der Waals surface area contributed by atoms with Crippen molar-refractivity contribution in [3.63, 3.8) is 0 Å². The number of nitrogens with two attached hydrogens (primary N) is 1. The molecule has 1 saturated carbocycles. The molecule has 1 aliphatic carbocycles. The second-order valence-corrected chi connectivity index (χ2v) is 3.87. The second-order valence-electron chi connectivity index (χ2n) is 3.87. The van der Waals surface area contributed by atoms with Crippen LogP contribution in [-0.4, -0.2) is 24.7 Å². The maximum atomic E-state index is 11.8. The Morgan fingerprint density at radius 1 is 1.31 bits per heavy atom. The van der Waals surface area contributed by atoms with Gasteiger partial charge in [-0.2, -0.15) is 13.2 Å². The highest BCUT2D eigenvalue weighted by molar-refractivity contribution is 5.79. The normalized spacial score (nSPS) is 17.4. The molecule has 0 bridgehead atoms. The Balaban J connectivity index is 2.08. The van der Waals surface area contributed by atoms with Gasteiger partial charge in [0.1, 0.15) is 0 Å². The van der Waals surface area contributed by atoms with Crippen LogP contribution < -0.4 is 16.6 Å². The maximum Gasteiger partial charge on any atom is 0.389 e. The van der Waals surface area contributed by atoms with E-state index in [0.29, 0.717) is 25.0 Å². The third-order valence-electron chi connectivity index (χ3n) is 2.19. The minimum atomic E-state index is -4.06. The smallest absolute Gasteiger partial charge is 0.353 e. The zero-order valence-electron chi connectivity index (χ0n) is 8.98. The van der Waals surface area contributed by atoms with Crippen molar-refractivity contribution in [2.24, 2.45) is 10.8 Å². The standard InChI is InChI=1S/C9H17F3N4/c10-9(11,12)5-1-2-6-14-8(16-13)15-7-3-4-7/h7H,1-6,13H2,(H2,14,15,16). The Hall–Kier alpha value is -0.980. The summed E-state index contributed by atoms with van der Waals surface area (Å²) >= 11 is 0. The molecule has 0 unspecified atom stereocenters. The lowest BCUT2D eigenvalue weighted by Gasteiger charge is -2.08. The van der Waals surface area contributed by atoms with Gasteiger partial charge in [0.05, 0.1) is 0 Å². The van der Waals surface area contributed by atoms with Gasteiger partial charge < -0.3 is 5.32 Å². The minimum absolute atomic E-state index is 0.105. The number of nitrogens with zero attached hydrogens (tertiary/aromatic N) is 1. The quantitative estimate of drug-likeness (QED) is 0.222. The highest BCUT2D eigenvalue weighted by Crippen LogP contribution is 2.22. The SMILES string of the molecule is NNC(=NCCCCC(F)(F)F)NC1CC1. The van der Waals surface area contributed by atoms with Gasteiger partial charge in [-0.05, 0) is 25.7 Å². The summed E-state index contributed by atoms with van der Waals surface area (Å²) < 4.78 is 35.4. The van der Waals surface area contributed by atoms with Crippen LogP contribution in [0.1, 0.15) is 32.1 Å². The van der Waals surface area contributed by atoms with Gasteiger partial charge in [0.2, 0.25) is 5.96 Å². The van der Waals surface area contributed by atoms with Crippen molar-refractivity contribution in [1.29, 1.82) is 0 Å². The molecule has 0 heterocycles. The van der Waals surface area contributed by atoms with Gasteiger partial charge in [0, 0.05) is 19.0 Å². The molecule has 0 amide bonds. The molecule has 4 N–H and O–H groups in total. The number of aliphatic imine (C=N–C) groups is 1. The van der Waals surface area contributed by atoms with Gasteiger partial charge in [-0.3, -0.25) is 10.4 Å². The molecule has 4 nitrogen and oxygen atoms in total. The average molecular weight is 238 g/mol. The summed E-state index contributed by atoms with van der Waals surface area (Å²) in [6.07, 6.45) is -2.11. The number of rotatable bonds is 5. The van der Waals surface area contributed by atoms with Gasteiger partial charge in [0.25, 0.3) is 0 Å². The molecule has 1 rings (SSSR count). The zero-order chi connectivity index (χ0) is 12.0. The van der Waals surface area contributed by atoms with Crippen LogP contribution in [-0.2, 0) is 0 Å². The maximum absolute atomic E-state index is 11.8. The number of unbranched alkanes of at least 4 members (excludes halogenated alkanes) is 1. The van der Waals surface area contributed by atoms with Crippen molar-refractivity contribution in [1.82, 2.24) is 10.7 Å². The van der Waals surface area contributed by atoms with Crippen LogP contribution in [0.2, 0.25) is 0 Å². The molecule has 0 atom stereocenters. The molecule has 0 saturated heterocycles. The molecular weight excluding hydrogens is 221 g/mol. The highest BCUT2D eigenvalue weighted by Gasteiger charge is 2.25. The Labute approximate surface area is 92.5 Å². The van der Waals surface area contributed by atoms with E-state index in [1.807, 2.05) is 0 Å². The van der Waals surface area contributed by atoms with Gasteiger partial charge in [-0.15, -0.1) is 0 Å². The number of hydrogen-bond acceptors (Lipinski definition) is 2. The predicted octanol–water partition coefficient (Wildman–Crippen LogP) is 1.29. The summed E-state index contributed by atoms with van der Waals surface area (Å²) in [5.41, 5.74) is 2.40. The first-order valence-corrected chi connectivity index (χ1v) is 5.35. The molecule has 1 aliphatic rings. The first-order chi connectivity index (χ1) is 7.51. The van der Waals surface area contributed by atoms with Crippen molar-refractivity contribution in [3.05, 3.63) is 0 Å². The summed E-state index contributed by atoms with van der Waals surface area (Å²) in [6.45, 7) is 0.356. The summed E-state index contributed by atoms with van der Waals surface area (Å²) in [5, 5.41) is 3.04. The van der Waals surface area contributed by atoms with Crippen LogP contribution in [0.4, 0.5) is 13.2 Å². The molecular formula is C9H17F3N4. The van der Waals surface area contributed by atoms with Crippen LogP contribution in [0.15, 0.2) is 4.99 Å². The van der Waals surface area contributed by atoms with Gasteiger partial charge in [0.15, 0.2) is 0 Å². The minimum Gasteiger partial charge on any atom is -0.353 e. The van der Waals surface area contributed by atoms with Crippen molar-refractivity contribution < 1.29 is 13.2 Å². The van der Waals surface area contributed by atoms with E-state index in [9.17, 15) is 13.2 Å². The predicted molar refractivity (Wildman–Crippen MR) is 55.7 cm³/mol. The van der Waals surface area contributed by atoms with Gasteiger partial charge in [-0.1, -0.05) is 0 Å². The van der Waals surface area contributed by atoms with Crippen molar-refractivity contribution in [2.75, 3.05) is 6.54 Å². The van der Waals surface area contributed by atoms with Crippen LogP contribution >= 0.6 is 0 Å². The van der Waals surface area contributed by atoms with E-state index in [4.69, 9.17) is 5.84 Å². The van der Waals surface area contributed by atoms with Crippen molar-refractivity contribution in [3.8, 4) is 0 Å². The van der Waals surface area contributed by atoms with E-state index in [-0.39, 0.29) is 6.42 Å². The fourth-order valence-electron chi connectivity index (χ4n) is 1.18.